The third kappa shape index (κ3) is 3.30. The van der Waals surface area contributed by atoms with E-state index in [2.05, 4.69) is 37.8 Å². The van der Waals surface area contributed by atoms with Crippen molar-refractivity contribution in [2.75, 3.05) is 0 Å². The van der Waals surface area contributed by atoms with E-state index in [1.807, 2.05) is 42.5 Å². The molecule has 146 valence electrons. The third-order valence-electron chi connectivity index (χ3n) is 5.60. The van der Waals surface area contributed by atoms with Crippen molar-refractivity contribution >= 4 is 11.2 Å². The molecule has 5 rings (SSSR count). The molecule has 0 radical (unpaired) electrons. The van der Waals surface area contributed by atoms with Crippen LogP contribution in [0.2, 0.25) is 0 Å². The molecule has 0 saturated heterocycles. The molecule has 1 aliphatic rings. The van der Waals surface area contributed by atoms with Gasteiger partial charge in [0.1, 0.15) is 5.54 Å². The number of benzene rings is 2. The number of halogens is 1. The van der Waals surface area contributed by atoms with Crippen LogP contribution in [0.15, 0.2) is 65.7 Å². The zero-order valence-corrected chi connectivity index (χ0v) is 16.5. The molecule has 1 saturated carbocycles. The fourth-order valence-electron chi connectivity index (χ4n) is 3.76. The highest BCUT2D eigenvalue weighted by Gasteiger charge is 2.38. The van der Waals surface area contributed by atoms with Crippen molar-refractivity contribution < 1.29 is 18.1 Å². The predicted octanol–water partition coefficient (Wildman–Crippen LogP) is -0.328. The van der Waals surface area contributed by atoms with Crippen LogP contribution >= 0.6 is 0 Å². The number of fused-ring (bicyclic) bond motifs is 1. The molecule has 0 bridgehead atoms. The number of nitrogens with one attached hydrogen (secondary N) is 1. The number of hydrogen-bond acceptors (Lipinski definition) is 4. The SMILES string of the molecule is [Cl-].[NH3+]C1(c2ccc(-c3nc4c(=O)[nH]cnc4nc3-c3ccccc3)cc2)CCC1. The van der Waals surface area contributed by atoms with Crippen molar-refractivity contribution in [1.82, 2.24) is 19.9 Å². The van der Waals surface area contributed by atoms with E-state index in [9.17, 15) is 4.79 Å². The molecule has 29 heavy (non-hydrogen) atoms. The van der Waals surface area contributed by atoms with Gasteiger partial charge in [0.15, 0.2) is 11.2 Å². The zero-order valence-electron chi connectivity index (χ0n) is 15.7. The van der Waals surface area contributed by atoms with E-state index in [-0.39, 0.29) is 29.0 Å². The number of H-pyrrole nitrogens is 1. The van der Waals surface area contributed by atoms with Crippen molar-refractivity contribution in [2.24, 2.45) is 0 Å². The van der Waals surface area contributed by atoms with Gasteiger partial charge in [0.25, 0.3) is 5.56 Å². The second kappa shape index (κ2) is 7.39. The highest BCUT2D eigenvalue weighted by Crippen LogP contribution is 2.38. The molecule has 7 heteroatoms. The van der Waals surface area contributed by atoms with Gasteiger partial charge in [0.2, 0.25) is 0 Å². The predicted molar refractivity (Wildman–Crippen MR) is 107 cm³/mol. The van der Waals surface area contributed by atoms with E-state index in [4.69, 9.17) is 0 Å². The van der Waals surface area contributed by atoms with Crippen LogP contribution < -0.4 is 23.7 Å². The van der Waals surface area contributed by atoms with Gasteiger partial charge in [0, 0.05) is 29.5 Å². The number of hydrogen-bond donors (Lipinski definition) is 2. The van der Waals surface area contributed by atoms with Crippen molar-refractivity contribution in [3.63, 3.8) is 0 Å². The molecule has 0 atom stereocenters. The minimum Gasteiger partial charge on any atom is -1.00 e. The van der Waals surface area contributed by atoms with Crippen LogP contribution in [0.25, 0.3) is 33.7 Å². The number of rotatable bonds is 3. The molecule has 2 aromatic carbocycles. The molecular formula is C22H20ClN5O. The van der Waals surface area contributed by atoms with Gasteiger partial charge < -0.3 is 23.1 Å². The summed E-state index contributed by atoms with van der Waals surface area (Å²) in [5, 5.41) is 0. The van der Waals surface area contributed by atoms with E-state index >= 15 is 0 Å². The summed E-state index contributed by atoms with van der Waals surface area (Å²) in [6, 6.07) is 18.2. The summed E-state index contributed by atoms with van der Waals surface area (Å²) >= 11 is 0. The van der Waals surface area contributed by atoms with Gasteiger partial charge in [-0.2, -0.15) is 0 Å². The first-order valence-corrected chi connectivity index (χ1v) is 9.41. The molecule has 6 nitrogen and oxygen atoms in total. The molecule has 0 aliphatic heterocycles. The Hall–Kier alpha value is -3.09. The van der Waals surface area contributed by atoms with Crippen LogP contribution in [-0.2, 0) is 5.54 Å². The Labute approximate surface area is 173 Å². The number of quaternary nitrogens is 1. The third-order valence-corrected chi connectivity index (χ3v) is 5.60. The Kier molecular flexibility index (Phi) is 4.90. The second-order valence-electron chi connectivity index (χ2n) is 7.40. The fraction of sp³-hybridized carbons (Fsp3) is 0.182. The number of nitrogens with zero attached hydrogens (tertiary/aromatic N) is 3. The smallest absolute Gasteiger partial charge is 0.278 e. The van der Waals surface area contributed by atoms with Gasteiger partial charge in [-0.25, -0.2) is 15.0 Å². The number of aromatic amines is 1. The zero-order chi connectivity index (χ0) is 19.1. The molecular weight excluding hydrogens is 386 g/mol. The summed E-state index contributed by atoms with van der Waals surface area (Å²) in [5.41, 5.74) is 9.21. The van der Waals surface area contributed by atoms with Crippen LogP contribution in [0.4, 0.5) is 0 Å². The summed E-state index contributed by atoms with van der Waals surface area (Å²) < 4.78 is 0. The molecule has 0 spiro atoms. The Morgan fingerprint density at radius 1 is 0.897 bits per heavy atom. The Morgan fingerprint density at radius 2 is 1.55 bits per heavy atom. The quantitative estimate of drug-likeness (QED) is 0.487. The van der Waals surface area contributed by atoms with Crippen molar-refractivity contribution in [3.05, 3.63) is 76.8 Å². The maximum Gasteiger partial charge on any atom is 0.278 e. The molecule has 0 amide bonds. The van der Waals surface area contributed by atoms with Crippen LogP contribution in [-0.4, -0.2) is 19.9 Å². The first kappa shape index (κ1) is 19.2. The molecule has 2 heterocycles. The van der Waals surface area contributed by atoms with Gasteiger partial charge in [0.05, 0.1) is 17.7 Å². The van der Waals surface area contributed by atoms with Gasteiger partial charge in [-0.05, 0) is 6.42 Å². The van der Waals surface area contributed by atoms with E-state index in [1.165, 1.54) is 18.3 Å². The maximum atomic E-state index is 12.2. The fourth-order valence-corrected chi connectivity index (χ4v) is 3.76. The van der Waals surface area contributed by atoms with Crippen LogP contribution in [0.3, 0.4) is 0 Å². The Balaban J connectivity index is 0.00000205. The molecule has 4 aromatic rings. The Morgan fingerprint density at radius 3 is 2.21 bits per heavy atom. The van der Waals surface area contributed by atoms with E-state index in [0.29, 0.717) is 17.0 Å². The van der Waals surface area contributed by atoms with E-state index in [0.717, 1.165) is 24.0 Å². The molecule has 1 aliphatic carbocycles. The van der Waals surface area contributed by atoms with Crippen molar-refractivity contribution in [1.29, 1.82) is 0 Å². The summed E-state index contributed by atoms with van der Waals surface area (Å²) in [6.07, 6.45) is 4.83. The normalized spacial score (nSPS) is 14.8. The minimum atomic E-state index is -0.291. The highest BCUT2D eigenvalue weighted by atomic mass is 35.5. The number of aromatic nitrogens is 4. The van der Waals surface area contributed by atoms with Crippen molar-refractivity contribution in [3.8, 4) is 22.5 Å². The lowest BCUT2D eigenvalue weighted by Gasteiger charge is -2.34. The molecule has 1 fully saturated rings. The first-order valence-electron chi connectivity index (χ1n) is 9.41. The lowest BCUT2D eigenvalue weighted by molar-refractivity contribution is -0.509. The summed E-state index contributed by atoms with van der Waals surface area (Å²) in [7, 11) is 0. The molecule has 0 unspecified atom stereocenters. The maximum absolute atomic E-state index is 12.2. The highest BCUT2D eigenvalue weighted by molar-refractivity contribution is 5.84. The molecule has 4 N–H and O–H groups in total. The van der Waals surface area contributed by atoms with E-state index < -0.39 is 0 Å². The largest absolute Gasteiger partial charge is 1.00 e. The second-order valence-corrected chi connectivity index (χ2v) is 7.40. The molecule has 2 aromatic heterocycles. The van der Waals surface area contributed by atoms with E-state index in [1.54, 1.807) is 0 Å². The van der Waals surface area contributed by atoms with Crippen LogP contribution in [0.1, 0.15) is 24.8 Å². The lowest BCUT2D eigenvalue weighted by Crippen LogP contribution is -3.00. The minimum absolute atomic E-state index is 0. The van der Waals surface area contributed by atoms with Crippen molar-refractivity contribution in [2.45, 2.75) is 24.8 Å². The van der Waals surface area contributed by atoms with Gasteiger partial charge in [-0.1, -0.05) is 54.6 Å². The first-order chi connectivity index (χ1) is 13.6. The summed E-state index contributed by atoms with van der Waals surface area (Å²) in [5.74, 6) is 0. The van der Waals surface area contributed by atoms with Crippen LogP contribution in [0.5, 0.6) is 0 Å². The average Bonchev–Trinajstić information content (AvgIpc) is 2.72. The Bertz CT molecular complexity index is 1220. The van der Waals surface area contributed by atoms with Gasteiger partial charge in [-0.15, -0.1) is 0 Å². The van der Waals surface area contributed by atoms with Gasteiger partial charge in [-0.3, -0.25) is 4.79 Å². The van der Waals surface area contributed by atoms with Crippen LogP contribution in [0, 0.1) is 0 Å². The lowest BCUT2D eigenvalue weighted by atomic mass is 9.72. The monoisotopic (exact) mass is 405 g/mol. The topological polar surface area (TPSA) is 99.2 Å². The summed E-state index contributed by atoms with van der Waals surface area (Å²) in [4.78, 5) is 28.3. The summed E-state index contributed by atoms with van der Waals surface area (Å²) in [6.45, 7) is 0. The standard InChI is InChI=1S/C22H19N5O.ClH/c23-22(11-4-12-22)16-9-7-15(8-10-16)17-18(14-5-2-1-3-6-14)27-20-19(26-17)21(28)25-13-24-20;/h1-3,5-10,13H,4,11-12,23H2,(H,24,25,27,28);1H. The van der Waals surface area contributed by atoms with Gasteiger partial charge >= 0.3 is 0 Å². The average molecular weight is 406 g/mol.